The summed E-state index contributed by atoms with van der Waals surface area (Å²) in [4.78, 5) is 10.9. The first-order chi connectivity index (χ1) is 10.9. The first kappa shape index (κ1) is 17.8. The van der Waals surface area contributed by atoms with Crippen molar-refractivity contribution in [2.45, 2.75) is 57.9 Å². The van der Waals surface area contributed by atoms with Crippen LogP contribution < -0.4 is 10.1 Å². The number of nitrogens with one attached hydrogen (secondary N) is 1. The Labute approximate surface area is 139 Å². The molecule has 2 rings (SSSR count). The van der Waals surface area contributed by atoms with Crippen molar-refractivity contribution in [1.29, 1.82) is 0 Å². The molecule has 4 heteroatoms. The van der Waals surface area contributed by atoms with Gasteiger partial charge in [-0.3, -0.25) is 4.79 Å². The van der Waals surface area contributed by atoms with E-state index in [0.717, 1.165) is 38.0 Å². The minimum absolute atomic E-state index is 0.148. The van der Waals surface area contributed by atoms with Gasteiger partial charge in [0.25, 0.3) is 0 Å². The molecule has 23 heavy (non-hydrogen) atoms. The highest BCUT2D eigenvalue weighted by Gasteiger charge is 2.25. The van der Waals surface area contributed by atoms with Crippen LogP contribution in [-0.2, 0) is 10.2 Å². The van der Waals surface area contributed by atoms with Gasteiger partial charge in [0.1, 0.15) is 12.4 Å². The third-order valence-electron chi connectivity index (χ3n) is 4.60. The van der Waals surface area contributed by atoms with Crippen molar-refractivity contribution in [3.8, 4) is 5.75 Å². The monoisotopic (exact) mass is 319 g/mol. The van der Waals surface area contributed by atoms with Crippen LogP contribution in [0.2, 0.25) is 0 Å². The first-order valence-corrected chi connectivity index (χ1v) is 8.56. The number of carboxylic acid groups (broad SMARTS) is 1. The third kappa shape index (κ3) is 5.54. The lowest BCUT2D eigenvalue weighted by atomic mass is 9.86. The number of hydrogen-bond donors (Lipinski definition) is 2. The summed E-state index contributed by atoms with van der Waals surface area (Å²) in [6.45, 7) is 8.03. The summed E-state index contributed by atoms with van der Waals surface area (Å²) < 4.78 is 5.77. The maximum Gasteiger partial charge on any atom is 0.306 e. The molecular formula is C19H29NO3. The van der Waals surface area contributed by atoms with Gasteiger partial charge in [-0.25, -0.2) is 0 Å². The van der Waals surface area contributed by atoms with Crippen molar-refractivity contribution in [1.82, 2.24) is 5.32 Å². The van der Waals surface area contributed by atoms with E-state index in [1.807, 2.05) is 12.1 Å². The Kier molecular flexibility index (Phi) is 6.05. The van der Waals surface area contributed by atoms with Crippen molar-refractivity contribution in [3.63, 3.8) is 0 Å². The molecule has 2 N–H and O–H groups in total. The number of carboxylic acids is 1. The summed E-state index contributed by atoms with van der Waals surface area (Å²) >= 11 is 0. The summed E-state index contributed by atoms with van der Waals surface area (Å²) in [6, 6.07) is 8.72. The van der Waals surface area contributed by atoms with E-state index in [4.69, 9.17) is 9.84 Å². The quantitative estimate of drug-likeness (QED) is 0.787. The molecule has 4 nitrogen and oxygen atoms in total. The topological polar surface area (TPSA) is 58.6 Å². The molecule has 0 saturated heterocycles. The number of carbonyl (C=O) groups is 1. The molecule has 1 aromatic rings. The Hall–Kier alpha value is -1.55. The first-order valence-electron chi connectivity index (χ1n) is 8.56. The minimum atomic E-state index is -0.648. The Morgan fingerprint density at radius 1 is 1.17 bits per heavy atom. The molecule has 0 heterocycles. The molecule has 0 atom stereocenters. The van der Waals surface area contributed by atoms with E-state index < -0.39 is 5.97 Å². The fourth-order valence-corrected chi connectivity index (χ4v) is 3.03. The molecule has 128 valence electrons. The highest BCUT2D eigenvalue weighted by molar-refractivity contribution is 5.70. The van der Waals surface area contributed by atoms with Crippen LogP contribution in [0.3, 0.4) is 0 Å². The zero-order valence-corrected chi connectivity index (χ0v) is 14.5. The molecule has 1 aliphatic carbocycles. The average molecular weight is 319 g/mol. The molecule has 0 aromatic heterocycles. The molecule has 0 radical (unpaired) electrons. The van der Waals surface area contributed by atoms with Crippen LogP contribution in [0.15, 0.2) is 24.3 Å². The molecule has 1 aliphatic rings. The summed E-state index contributed by atoms with van der Waals surface area (Å²) in [5.74, 6) is 0.102. The lowest BCUT2D eigenvalue weighted by molar-refractivity contribution is -0.142. The van der Waals surface area contributed by atoms with Gasteiger partial charge in [-0.15, -0.1) is 0 Å². The standard InChI is InChI=1S/C19H29NO3/c1-19(2,3)15-6-10-17(11-7-15)23-13-12-20-16-8-4-14(5-9-16)18(21)22/h6-7,10-11,14,16,20H,4-5,8-9,12-13H2,1-3H3,(H,21,22). The van der Waals surface area contributed by atoms with Crippen molar-refractivity contribution in [2.24, 2.45) is 5.92 Å². The van der Waals surface area contributed by atoms with Gasteiger partial charge in [0.05, 0.1) is 5.92 Å². The van der Waals surface area contributed by atoms with Gasteiger partial charge in [-0.05, 0) is 48.8 Å². The fourth-order valence-electron chi connectivity index (χ4n) is 3.03. The predicted molar refractivity (Wildman–Crippen MR) is 92.0 cm³/mol. The highest BCUT2D eigenvalue weighted by Crippen LogP contribution is 2.25. The summed E-state index contributed by atoms with van der Waals surface area (Å²) in [5, 5.41) is 12.5. The number of aliphatic carboxylic acids is 1. The predicted octanol–water partition coefficient (Wildman–Crippen LogP) is 3.60. The summed E-state index contributed by atoms with van der Waals surface area (Å²) in [6.07, 6.45) is 3.44. The maximum absolute atomic E-state index is 10.9. The minimum Gasteiger partial charge on any atom is -0.492 e. The van der Waals surface area contributed by atoms with Crippen LogP contribution in [0.1, 0.15) is 52.0 Å². The van der Waals surface area contributed by atoms with E-state index in [-0.39, 0.29) is 11.3 Å². The van der Waals surface area contributed by atoms with E-state index in [2.05, 4.69) is 38.2 Å². The van der Waals surface area contributed by atoms with Crippen molar-refractivity contribution >= 4 is 5.97 Å². The zero-order valence-electron chi connectivity index (χ0n) is 14.5. The SMILES string of the molecule is CC(C)(C)c1ccc(OCCNC2CCC(C(=O)O)CC2)cc1. The molecule has 1 fully saturated rings. The second-order valence-corrected chi connectivity index (χ2v) is 7.46. The largest absolute Gasteiger partial charge is 0.492 e. The lowest BCUT2D eigenvalue weighted by Crippen LogP contribution is -2.37. The van der Waals surface area contributed by atoms with Crippen LogP contribution in [0, 0.1) is 5.92 Å². The molecule has 1 saturated carbocycles. The van der Waals surface area contributed by atoms with Gasteiger partial charge in [0.15, 0.2) is 0 Å². The molecule has 0 bridgehead atoms. The number of hydrogen-bond acceptors (Lipinski definition) is 3. The smallest absolute Gasteiger partial charge is 0.306 e. The van der Waals surface area contributed by atoms with Gasteiger partial charge in [0.2, 0.25) is 0 Å². The molecule has 0 aliphatic heterocycles. The van der Waals surface area contributed by atoms with E-state index in [1.54, 1.807) is 0 Å². The fraction of sp³-hybridized carbons (Fsp3) is 0.632. The van der Waals surface area contributed by atoms with Crippen LogP contribution in [0.5, 0.6) is 5.75 Å². The van der Waals surface area contributed by atoms with Crippen LogP contribution in [0.4, 0.5) is 0 Å². The van der Waals surface area contributed by atoms with Crippen LogP contribution >= 0.6 is 0 Å². The zero-order chi connectivity index (χ0) is 16.9. The van der Waals surface area contributed by atoms with E-state index >= 15 is 0 Å². The molecule has 0 amide bonds. The van der Waals surface area contributed by atoms with E-state index in [9.17, 15) is 4.79 Å². The normalized spacial score (nSPS) is 21.9. The van der Waals surface area contributed by atoms with Gasteiger partial charge in [0, 0.05) is 12.6 Å². The molecule has 0 unspecified atom stereocenters. The summed E-state index contributed by atoms with van der Waals surface area (Å²) in [7, 11) is 0. The van der Waals surface area contributed by atoms with Crippen LogP contribution in [-0.4, -0.2) is 30.3 Å². The number of ether oxygens (including phenoxy) is 1. The highest BCUT2D eigenvalue weighted by atomic mass is 16.5. The van der Waals surface area contributed by atoms with Gasteiger partial charge < -0.3 is 15.2 Å². The maximum atomic E-state index is 10.9. The van der Waals surface area contributed by atoms with Crippen molar-refractivity contribution in [2.75, 3.05) is 13.2 Å². The Morgan fingerprint density at radius 3 is 2.30 bits per heavy atom. The number of rotatable bonds is 6. The second-order valence-electron chi connectivity index (χ2n) is 7.46. The Morgan fingerprint density at radius 2 is 1.78 bits per heavy atom. The van der Waals surface area contributed by atoms with Crippen LogP contribution in [0.25, 0.3) is 0 Å². The lowest BCUT2D eigenvalue weighted by Gasteiger charge is -2.26. The van der Waals surface area contributed by atoms with Gasteiger partial charge in [-0.2, -0.15) is 0 Å². The Bertz CT molecular complexity index is 496. The third-order valence-corrected chi connectivity index (χ3v) is 4.60. The summed E-state index contributed by atoms with van der Waals surface area (Å²) in [5.41, 5.74) is 1.47. The van der Waals surface area contributed by atoms with Gasteiger partial charge in [-0.1, -0.05) is 32.9 Å². The second kappa shape index (κ2) is 7.82. The average Bonchev–Trinajstić information content (AvgIpc) is 2.51. The molecule has 1 aromatic carbocycles. The van der Waals surface area contributed by atoms with E-state index in [1.165, 1.54) is 5.56 Å². The van der Waals surface area contributed by atoms with Crippen molar-refractivity contribution in [3.05, 3.63) is 29.8 Å². The molecular weight excluding hydrogens is 290 g/mol. The Balaban J connectivity index is 1.65. The van der Waals surface area contributed by atoms with Gasteiger partial charge >= 0.3 is 5.97 Å². The molecule has 0 spiro atoms. The van der Waals surface area contributed by atoms with Crippen molar-refractivity contribution < 1.29 is 14.6 Å². The number of benzene rings is 1. The van der Waals surface area contributed by atoms with E-state index in [0.29, 0.717) is 12.6 Å².